The van der Waals surface area contributed by atoms with Gasteiger partial charge in [0.2, 0.25) is 0 Å². The molecule has 126 valence electrons. The molecule has 0 radical (unpaired) electrons. The summed E-state index contributed by atoms with van der Waals surface area (Å²) >= 11 is 0. The van der Waals surface area contributed by atoms with E-state index < -0.39 is 0 Å². The number of rotatable bonds is 4. The molecule has 0 bridgehead atoms. The van der Waals surface area contributed by atoms with E-state index in [0.717, 1.165) is 32.0 Å². The van der Waals surface area contributed by atoms with Crippen LogP contribution in [-0.2, 0) is 6.54 Å². The number of nitrogens with zero attached hydrogens (tertiary/aromatic N) is 3. The number of piperazine rings is 1. The SMILES string of the molecule is CN1CCN(c2cccc(C(=O)NCc3ccccc3F)n2)CC1. The van der Waals surface area contributed by atoms with Gasteiger partial charge in [-0.1, -0.05) is 24.3 Å². The van der Waals surface area contributed by atoms with Gasteiger partial charge < -0.3 is 15.1 Å². The first-order chi connectivity index (χ1) is 11.6. The Balaban J connectivity index is 1.65. The third kappa shape index (κ3) is 3.89. The van der Waals surface area contributed by atoms with E-state index in [9.17, 15) is 9.18 Å². The van der Waals surface area contributed by atoms with Gasteiger partial charge in [-0.3, -0.25) is 4.79 Å². The number of halogens is 1. The number of hydrogen-bond acceptors (Lipinski definition) is 4. The number of nitrogens with one attached hydrogen (secondary N) is 1. The normalized spacial score (nSPS) is 15.3. The molecule has 0 aliphatic carbocycles. The fourth-order valence-electron chi connectivity index (χ4n) is 2.67. The van der Waals surface area contributed by atoms with E-state index in [1.165, 1.54) is 6.07 Å². The van der Waals surface area contributed by atoms with Crippen molar-refractivity contribution >= 4 is 11.7 Å². The molecule has 1 N–H and O–H groups in total. The monoisotopic (exact) mass is 328 g/mol. The average Bonchev–Trinajstić information content (AvgIpc) is 2.61. The van der Waals surface area contributed by atoms with Crippen LogP contribution in [0.4, 0.5) is 10.2 Å². The molecule has 2 aromatic rings. The molecule has 1 aliphatic heterocycles. The average molecular weight is 328 g/mol. The molecular weight excluding hydrogens is 307 g/mol. The van der Waals surface area contributed by atoms with E-state index in [1.54, 1.807) is 24.3 Å². The maximum atomic E-state index is 13.6. The Kier molecular flexibility index (Phi) is 5.05. The zero-order chi connectivity index (χ0) is 16.9. The van der Waals surface area contributed by atoms with Crippen LogP contribution in [0.2, 0.25) is 0 Å². The Hall–Kier alpha value is -2.47. The lowest BCUT2D eigenvalue weighted by Crippen LogP contribution is -2.45. The molecule has 0 atom stereocenters. The minimum absolute atomic E-state index is 0.145. The van der Waals surface area contributed by atoms with Gasteiger partial charge in [-0.05, 0) is 25.2 Å². The van der Waals surface area contributed by atoms with E-state index in [-0.39, 0.29) is 18.3 Å². The Bertz CT molecular complexity index is 714. The lowest BCUT2D eigenvalue weighted by Gasteiger charge is -2.33. The summed E-state index contributed by atoms with van der Waals surface area (Å²) in [6.07, 6.45) is 0. The maximum Gasteiger partial charge on any atom is 0.270 e. The van der Waals surface area contributed by atoms with Crippen molar-refractivity contribution in [3.63, 3.8) is 0 Å². The van der Waals surface area contributed by atoms with Crippen molar-refractivity contribution < 1.29 is 9.18 Å². The quantitative estimate of drug-likeness (QED) is 0.931. The second kappa shape index (κ2) is 7.40. The van der Waals surface area contributed by atoms with Gasteiger partial charge in [-0.15, -0.1) is 0 Å². The number of amides is 1. The topological polar surface area (TPSA) is 48.5 Å². The summed E-state index contributed by atoms with van der Waals surface area (Å²) in [6, 6.07) is 11.8. The van der Waals surface area contributed by atoms with Gasteiger partial charge >= 0.3 is 0 Å². The fourth-order valence-corrected chi connectivity index (χ4v) is 2.67. The highest BCUT2D eigenvalue weighted by atomic mass is 19.1. The summed E-state index contributed by atoms with van der Waals surface area (Å²) in [7, 11) is 2.09. The van der Waals surface area contributed by atoms with Crippen LogP contribution in [0.25, 0.3) is 0 Å². The molecule has 1 aromatic heterocycles. The first-order valence-electron chi connectivity index (χ1n) is 8.05. The minimum Gasteiger partial charge on any atom is -0.354 e. The fraction of sp³-hybridized carbons (Fsp3) is 0.333. The zero-order valence-electron chi connectivity index (χ0n) is 13.7. The number of likely N-dealkylation sites (N-methyl/N-ethyl adjacent to an activating group) is 1. The number of aromatic nitrogens is 1. The molecule has 0 unspecified atom stereocenters. The van der Waals surface area contributed by atoms with Gasteiger partial charge in [0.15, 0.2) is 0 Å². The van der Waals surface area contributed by atoms with Gasteiger partial charge in [0, 0.05) is 38.3 Å². The Morgan fingerprint density at radius 2 is 1.88 bits per heavy atom. The highest BCUT2D eigenvalue weighted by molar-refractivity contribution is 5.92. The minimum atomic E-state index is -0.322. The van der Waals surface area contributed by atoms with Crippen molar-refractivity contribution in [2.45, 2.75) is 6.54 Å². The predicted molar refractivity (Wildman–Crippen MR) is 91.5 cm³/mol. The van der Waals surface area contributed by atoms with Crippen LogP contribution in [0.5, 0.6) is 0 Å². The van der Waals surface area contributed by atoms with E-state index in [2.05, 4.69) is 27.1 Å². The number of anilines is 1. The Morgan fingerprint density at radius 1 is 1.12 bits per heavy atom. The second-order valence-corrected chi connectivity index (χ2v) is 5.95. The lowest BCUT2D eigenvalue weighted by atomic mass is 10.2. The smallest absolute Gasteiger partial charge is 0.270 e. The van der Waals surface area contributed by atoms with E-state index >= 15 is 0 Å². The van der Waals surface area contributed by atoms with Gasteiger partial charge in [0.1, 0.15) is 17.3 Å². The summed E-state index contributed by atoms with van der Waals surface area (Å²) in [5.74, 6) is 0.188. The summed E-state index contributed by atoms with van der Waals surface area (Å²) in [4.78, 5) is 21.2. The molecular formula is C18H21FN4O. The van der Waals surface area contributed by atoms with Crippen LogP contribution in [0.15, 0.2) is 42.5 Å². The summed E-state index contributed by atoms with van der Waals surface area (Å²) in [5.41, 5.74) is 0.809. The lowest BCUT2D eigenvalue weighted by molar-refractivity contribution is 0.0945. The molecule has 6 heteroatoms. The summed E-state index contributed by atoms with van der Waals surface area (Å²) in [6.45, 7) is 3.89. The van der Waals surface area contributed by atoms with Crippen LogP contribution in [0.1, 0.15) is 16.1 Å². The number of carbonyl (C=O) groups excluding carboxylic acids is 1. The molecule has 0 spiro atoms. The molecule has 1 aromatic carbocycles. The highest BCUT2D eigenvalue weighted by Gasteiger charge is 2.17. The van der Waals surface area contributed by atoms with Crippen molar-refractivity contribution in [3.05, 3.63) is 59.5 Å². The first kappa shape index (κ1) is 16.4. The summed E-state index contributed by atoms with van der Waals surface area (Å²) in [5, 5.41) is 2.73. The van der Waals surface area contributed by atoms with Crippen LogP contribution >= 0.6 is 0 Å². The molecule has 1 fully saturated rings. The van der Waals surface area contributed by atoms with Gasteiger partial charge in [0.25, 0.3) is 5.91 Å². The number of carbonyl (C=O) groups is 1. The van der Waals surface area contributed by atoms with E-state index in [4.69, 9.17) is 0 Å². The van der Waals surface area contributed by atoms with Crippen molar-refractivity contribution in [1.82, 2.24) is 15.2 Å². The molecule has 1 amide bonds. The van der Waals surface area contributed by atoms with Crippen LogP contribution in [0.3, 0.4) is 0 Å². The molecule has 24 heavy (non-hydrogen) atoms. The van der Waals surface area contributed by atoms with E-state index in [1.807, 2.05) is 12.1 Å². The summed E-state index contributed by atoms with van der Waals surface area (Å²) < 4.78 is 13.6. The zero-order valence-corrected chi connectivity index (χ0v) is 13.7. The van der Waals surface area contributed by atoms with E-state index in [0.29, 0.717) is 11.3 Å². The molecule has 1 saturated heterocycles. The molecule has 0 saturated carbocycles. The molecule has 3 rings (SSSR count). The van der Waals surface area contributed by atoms with Gasteiger partial charge in [-0.2, -0.15) is 0 Å². The third-order valence-electron chi connectivity index (χ3n) is 4.19. The Labute approximate surface area is 141 Å². The van der Waals surface area contributed by atoms with Crippen molar-refractivity contribution in [3.8, 4) is 0 Å². The largest absolute Gasteiger partial charge is 0.354 e. The number of pyridine rings is 1. The van der Waals surface area contributed by atoms with Crippen molar-refractivity contribution in [2.24, 2.45) is 0 Å². The van der Waals surface area contributed by atoms with Crippen molar-refractivity contribution in [2.75, 3.05) is 38.1 Å². The van der Waals surface area contributed by atoms with Crippen LogP contribution < -0.4 is 10.2 Å². The number of benzene rings is 1. The predicted octanol–water partition coefficient (Wildman–Crippen LogP) is 1.90. The molecule has 1 aliphatic rings. The first-order valence-corrected chi connectivity index (χ1v) is 8.05. The second-order valence-electron chi connectivity index (χ2n) is 5.95. The molecule has 2 heterocycles. The standard InChI is InChI=1S/C18H21FN4O/c1-22-9-11-23(12-10-22)17-8-4-7-16(21-17)18(24)20-13-14-5-2-3-6-15(14)19/h2-8H,9-13H2,1H3,(H,20,24). The highest BCUT2D eigenvalue weighted by Crippen LogP contribution is 2.14. The maximum absolute atomic E-state index is 13.6. The Morgan fingerprint density at radius 3 is 2.62 bits per heavy atom. The van der Waals surface area contributed by atoms with Crippen LogP contribution in [-0.4, -0.2) is 49.0 Å². The van der Waals surface area contributed by atoms with Crippen LogP contribution in [0, 0.1) is 5.82 Å². The number of hydrogen-bond donors (Lipinski definition) is 1. The van der Waals surface area contributed by atoms with Gasteiger partial charge in [-0.25, -0.2) is 9.37 Å². The third-order valence-corrected chi connectivity index (χ3v) is 4.19. The molecule has 5 nitrogen and oxygen atoms in total. The van der Waals surface area contributed by atoms with Crippen molar-refractivity contribution in [1.29, 1.82) is 0 Å². The van der Waals surface area contributed by atoms with Gasteiger partial charge in [0.05, 0.1) is 0 Å².